The highest BCUT2D eigenvalue weighted by atomic mass is 16.5. The molecule has 0 spiro atoms. The highest BCUT2D eigenvalue weighted by molar-refractivity contribution is 6.10. The number of esters is 2. The number of carbonyl (C=O) groups is 5. The van der Waals surface area contributed by atoms with E-state index in [0.717, 1.165) is 33.6 Å². The summed E-state index contributed by atoms with van der Waals surface area (Å²) in [5, 5.41) is 2.63. The van der Waals surface area contributed by atoms with Crippen molar-refractivity contribution in [3.8, 4) is 0 Å². The Morgan fingerprint density at radius 2 is 1.30 bits per heavy atom. The molecule has 4 aliphatic rings. The zero-order valence-corrected chi connectivity index (χ0v) is 24.7. The number of carbonyl (C=O) groups excluding carboxylic acids is 5. The van der Waals surface area contributed by atoms with Crippen LogP contribution in [0.5, 0.6) is 0 Å². The highest BCUT2D eigenvalue weighted by Crippen LogP contribution is 2.61. The molecule has 44 heavy (non-hydrogen) atoms. The molecule has 1 N–H and O–H groups in total. The first-order valence-electron chi connectivity index (χ1n) is 15.1. The topological polar surface area (TPSA) is 119 Å². The second kappa shape index (κ2) is 12.1. The first-order chi connectivity index (χ1) is 21.3. The van der Waals surface area contributed by atoms with Gasteiger partial charge in [-0.05, 0) is 59.9 Å². The predicted octanol–water partition coefficient (Wildman–Crippen LogP) is 4.80. The van der Waals surface area contributed by atoms with Gasteiger partial charge in [0.1, 0.15) is 6.04 Å². The lowest BCUT2D eigenvalue weighted by Crippen LogP contribution is -2.47. The van der Waals surface area contributed by atoms with Crippen molar-refractivity contribution in [2.45, 2.75) is 51.0 Å². The van der Waals surface area contributed by atoms with E-state index >= 15 is 0 Å². The van der Waals surface area contributed by atoms with Crippen molar-refractivity contribution in [2.24, 2.45) is 11.8 Å². The Morgan fingerprint density at radius 1 is 0.773 bits per heavy atom. The van der Waals surface area contributed by atoms with E-state index in [0.29, 0.717) is 17.7 Å². The van der Waals surface area contributed by atoms with Crippen LogP contribution in [0.3, 0.4) is 0 Å². The van der Waals surface area contributed by atoms with Gasteiger partial charge in [-0.15, -0.1) is 0 Å². The Hall–Kier alpha value is -4.79. The van der Waals surface area contributed by atoms with Crippen molar-refractivity contribution in [3.05, 3.63) is 101 Å². The molecule has 0 radical (unpaired) electrons. The summed E-state index contributed by atoms with van der Waals surface area (Å²) in [4.78, 5) is 67.4. The molecule has 0 aromatic heterocycles. The Morgan fingerprint density at radius 3 is 1.77 bits per heavy atom. The summed E-state index contributed by atoms with van der Waals surface area (Å²) in [5.41, 5.74) is 4.97. The molecule has 9 heteroatoms. The van der Waals surface area contributed by atoms with Gasteiger partial charge in [0, 0.05) is 17.5 Å². The molecule has 9 nitrogen and oxygen atoms in total. The number of amides is 3. The molecule has 0 saturated carbocycles. The van der Waals surface area contributed by atoms with E-state index in [9.17, 15) is 24.0 Å². The van der Waals surface area contributed by atoms with Crippen molar-refractivity contribution < 1.29 is 33.4 Å². The normalized spacial score (nSPS) is 21.6. The lowest BCUT2D eigenvalue weighted by atomic mass is 9.55. The maximum absolute atomic E-state index is 14.1. The van der Waals surface area contributed by atoms with Gasteiger partial charge in [0.05, 0.1) is 24.0 Å². The van der Waals surface area contributed by atoms with E-state index in [-0.39, 0.29) is 36.7 Å². The molecule has 226 valence electrons. The third-order valence-corrected chi connectivity index (χ3v) is 8.92. The maximum atomic E-state index is 14.1. The average molecular weight is 595 g/mol. The van der Waals surface area contributed by atoms with Crippen LogP contribution in [0.4, 0.5) is 5.69 Å². The molecule has 7 rings (SSSR count). The molecule has 3 atom stereocenters. The number of nitrogens with one attached hydrogen (secondary N) is 1. The third kappa shape index (κ3) is 4.96. The van der Waals surface area contributed by atoms with Crippen LogP contribution in [0.15, 0.2) is 72.8 Å². The Kier molecular flexibility index (Phi) is 8.03. The van der Waals surface area contributed by atoms with E-state index in [1.807, 2.05) is 55.5 Å². The molecule has 0 unspecified atom stereocenters. The van der Waals surface area contributed by atoms with Crippen LogP contribution in [-0.4, -0.2) is 53.8 Å². The quantitative estimate of drug-likeness (QED) is 0.265. The largest absolute Gasteiger partial charge is 0.462 e. The van der Waals surface area contributed by atoms with E-state index in [4.69, 9.17) is 9.47 Å². The minimum atomic E-state index is -1.12. The Balaban J connectivity index is 1.19. The molecule has 1 aliphatic heterocycles. The fourth-order valence-corrected chi connectivity index (χ4v) is 7.09. The smallest absolute Gasteiger partial charge is 0.338 e. The second-order valence-electron chi connectivity index (χ2n) is 11.4. The standard InChI is InChI=1S/C35H34N2O7/c1-3-5-14-26(35(42)44-19-27(38)36-21-17-15-20(16-18-21)34(41)43-4-2)37-32(39)30-28-22-10-6-7-11-23(22)29(31(30)33(37)40)25-13-9-8-12-24(25)28/h6-13,15-18,26,28-31H,3-5,14,19H2,1-2H3,(H,36,38)/t26-,28?,29?,30-,31-/m1/s1. The van der Waals surface area contributed by atoms with Crippen LogP contribution in [0, 0.1) is 11.8 Å². The minimum Gasteiger partial charge on any atom is -0.462 e. The van der Waals surface area contributed by atoms with Crippen molar-refractivity contribution in [1.82, 2.24) is 4.90 Å². The van der Waals surface area contributed by atoms with Crippen LogP contribution in [0.25, 0.3) is 0 Å². The zero-order valence-electron chi connectivity index (χ0n) is 24.7. The van der Waals surface area contributed by atoms with Gasteiger partial charge in [-0.3, -0.25) is 19.3 Å². The minimum absolute atomic E-state index is 0.248. The molecular weight excluding hydrogens is 560 g/mol. The number of rotatable bonds is 10. The summed E-state index contributed by atoms with van der Waals surface area (Å²) in [6.45, 7) is 3.34. The van der Waals surface area contributed by atoms with Gasteiger partial charge < -0.3 is 14.8 Å². The summed E-state index contributed by atoms with van der Waals surface area (Å²) in [7, 11) is 0. The van der Waals surface area contributed by atoms with Gasteiger partial charge in [0.15, 0.2) is 6.61 Å². The fraction of sp³-hybridized carbons (Fsp3) is 0.343. The number of imide groups is 1. The van der Waals surface area contributed by atoms with Crippen molar-refractivity contribution in [2.75, 3.05) is 18.5 Å². The number of anilines is 1. The molecule has 1 saturated heterocycles. The zero-order chi connectivity index (χ0) is 31.0. The molecule has 2 bridgehead atoms. The number of hydrogen-bond acceptors (Lipinski definition) is 7. The summed E-state index contributed by atoms with van der Waals surface area (Å²) in [6, 6.07) is 21.0. The summed E-state index contributed by atoms with van der Waals surface area (Å²) < 4.78 is 10.4. The van der Waals surface area contributed by atoms with Crippen LogP contribution in [-0.2, 0) is 28.7 Å². The van der Waals surface area contributed by atoms with Gasteiger partial charge in [-0.2, -0.15) is 0 Å². The maximum Gasteiger partial charge on any atom is 0.338 e. The molecule has 1 heterocycles. The SMILES string of the molecule is CCCC[C@H](C(=O)OCC(=O)Nc1ccc(C(=O)OCC)cc1)N1C(=O)[C@@H]2C3c4ccccc4C(c4ccccc43)[C@H]2C1=O. The summed E-state index contributed by atoms with van der Waals surface area (Å²) >= 11 is 0. The predicted molar refractivity (Wildman–Crippen MR) is 161 cm³/mol. The number of hydrogen-bond donors (Lipinski definition) is 1. The first kappa shape index (κ1) is 29.3. The molecular formula is C35H34N2O7. The second-order valence-corrected chi connectivity index (χ2v) is 11.4. The van der Waals surface area contributed by atoms with E-state index in [1.54, 1.807) is 19.1 Å². The van der Waals surface area contributed by atoms with E-state index in [1.165, 1.54) is 12.1 Å². The van der Waals surface area contributed by atoms with Gasteiger partial charge in [-0.25, -0.2) is 9.59 Å². The summed E-state index contributed by atoms with van der Waals surface area (Å²) in [5.74, 6) is -4.31. The molecule has 3 aliphatic carbocycles. The Labute approximate surface area is 255 Å². The van der Waals surface area contributed by atoms with Gasteiger partial charge in [-0.1, -0.05) is 68.3 Å². The lowest BCUT2D eigenvalue weighted by molar-refractivity contribution is -0.160. The Bertz CT molecular complexity index is 1520. The van der Waals surface area contributed by atoms with E-state index in [2.05, 4.69) is 5.32 Å². The first-order valence-corrected chi connectivity index (χ1v) is 15.1. The van der Waals surface area contributed by atoms with Gasteiger partial charge in [0.25, 0.3) is 5.91 Å². The number of nitrogens with zero attached hydrogens (tertiary/aromatic N) is 1. The third-order valence-electron chi connectivity index (χ3n) is 8.92. The number of benzene rings is 3. The van der Waals surface area contributed by atoms with E-state index < -0.39 is 42.3 Å². The van der Waals surface area contributed by atoms with Crippen LogP contribution in [0.1, 0.15) is 77.6 Å². The monoisotopic (exact) mass is 594 g/mol. The van der Waals surface area contributed by atoms with Crippen LogP contribution in [0.2, 0.25) is 0 Å². The van der Waals surface area contributed by atoms with Crippen molar-refractivity contribution in [1.29, 1.82) is 0 Å². The molecule has 3 aromatic carbocycles. The highest BCUT2D eigenvalue weighted by Gasteiger charge is 2.63. The molecule has 3 amide bonds. The lowest BCUT2D eigenvalue weighted by Gasteiger charge is -2.45. The number of likely N-dealkylation sites (tertiary alicyclic amines) is 1. The van der Waals surface area contributed by atoms with Crippen molar-refractivity contribution >= 4 is 35.3 Å². The fourth-order valence-electron chi connectivity index (χ4n) is 7.09. The molecule has 3 aromatic rings. The van der Waals surface area contributed by atoms with Crippen LogP contribution >= 0.6 is 0 Å². The van der Waals surface area contributed by atoms with Gasteiger partial charge >= 0.3 is 11.9 Å². The average Bonchev–Trinajstić information content (AvgIpc) is 3.30. The van der Waals surface area contributed by atoms with Crippen LogP contribution < -0.4 is 5.32 Å². The number of unbranched alkanes of at least 4 members (excludes halogenated alkanes) is 1. The van der Waals surface area contributed by atoms with Gasteiger partial charge in [0.2, 0.25) is 11.8 Å². The summed E-state index contributed by atoms with van der Waals surface area (Å²) in [6.07, 6.45) is 1.59. The number of ether oxygens (including phenoxy) is 2. The van der Waals surface area contributed by atoms with Crippen molar-refractivity contribution in [3.63, 3.8) is 0 Å². The molecule has 1 fully saturated rings.